The molecule has 0 amide bonds. The average Bonchev–Trinajstić information content (AvgIpc) is 3.05. The highest BCUT2D eigenvalue weighted by atomic mass is 32.2. The van der Waals surface area contributed by atoms with Crippen molar-refractivity contribution in [3.05, 3.63) is 35.4 Å². The molecule has 16 heavy (non-hydrogen) atoms. The Morgan fingerprint density at radius 3 is 2.56 bits per heavy atom. The van der Waals surface area contributed by atoms with E-state index in [-0.39, 0.29) is 0 Å². The van der Waals surface area contributed by atoms with Gasteiger partial charge < -0.3 is 5.32 Å². The van der Waals surface area contributed by atoms with Gasteiger partial charge in [-0.1, -0.05) is 24.3 Å². The average molecular weight is 233 g/mol. The molecule has 2 aliphatic rings. The molecule has 1 saturated heterocycles. The van der Waals surface area contributed by atoms with Crippen molar-refractivity contribution in [3.63, 3.8) is 0 Å². The Morgan fingerprint density at radius 2 is 1.94 bits per heavy atom. The standard InChI is InChI=1S/C14H19NS/c1-3-12(13-5-6-13)4-2-11(1)9-15-14-7-8-16-10-14/h1-4,13-15H,5-10H2. The lowest BCUT2D eigenvalue weighted by Gasteiger charge is -2.11. The summed E-state index contributed by atoms with van der Waals surface area (Å²) in [5.41, 5.74) is 2.97. The summed E-state index contributed by atoms with van der Waals surface area (Å²) in [5, 5.41) is 3.64. The molecule has 1 aromatic carbocycles. The first-order valence-corrected chi connectivity index (χ1v) is 7.47. The van der Waals surface area contributed by atoms with Crippen molar-refractivity contribution in [2.24, 2.45) is 0 Å². The maximum Gasteiger partial charge on any atom is 0.0208 e. The third-order valence-corrected chi connectivity index (χ3v) is 4.72. The smallest absolute Gasteiger partial charge is 0.0208 e. The summed E-state index contributed by atoms with van der Waals surface area (Å²) in [6, 6.07) is 9.97. The lowest BCUT2D eigenvalue weighted by molar-refractivity contribution is 0.558. The number of rotatable bonds is 4. The van der Waals surface area contributed by atoms with Gasteiger partial charge in [0, 0.05) is 18.3 Å². The molecule has 1 aliphatic heterocycles. The molecule has 0 spiro atoms. The minimum Gasteiger partial charge on any atom is -0.309 e. The van der Waals surface area contributed by atoms with E-state index in [2.05, 4.69) is 41.3 Å². The van der Waals surface area contributed by atoms with Crippen LogP contribution in [0.1, 0.15) is 36.3 Å². The Bertz CT molecular complexity index is 336. The minimum atomic E-state index is 0.744. The molecule has 0 aromatic heterocycles. The van der Waals surface area contributed by atoms with Gasteiger partial charge in [0.2, 0.25) is 0 Å². The predicted molar refractivity (Wildman–Crippen MR) is 71.0 cm³/mol. The molecular formula is C14H19NS. The fourth-order valence-corrected chi connectivity index (χ4v) is 3.47. The Hall–Kier alpha value is -0.470. The van der Waals surface area contributed by atoms with Crippen molar-refractivity contribution in [3.8, 4) is 0 Å². The van der Waals surface area contributed by atoms with Crippen LogP contribution in [0, 0.1) is 0 Å². The largest absolute Gasteiger partial charge is 0.309 e. The molecule has 1 aliphatic carbocycles. The molecule has 1 N–H and O–H groups in total. The third kappa shape index (κ3) is 2.61. The summed E-state index contributed by atoms with van der Waals surface area (Å²) in [7, 11) is 0. The first kappa shape index (κ1) is 10.7. The van der Waals surface area contributed by atoms with Crippen LogP contribution in [0.15, 0.2) is 24.3 Å². The van der Waals surface area contributed by atoms with Crippen molar-refractivity contribution < 1.29 is 0 Å². The lowest BCUT2D eigenvalue weighted by Crippen LogP contribution is -2.27. The molecule has 0 bridgehead atoms. The van der Waals surface area contributed by atoms with Gasteiger partial charge in [-0.2, -0.15) is 11.8 Å². The van der Waals surface area contributed by atoms with Crippen molar-refractivity contribution in [2.45, 2.75) is 37.8 Å². The normalized spacial score (nSPS) is 24.9. The number of benzene rings is 1. The Labute approximate surface area is 102 Å². The van der Waals surface area contributed by atoms with Gasteiger partial charge in [0.25, 0.3) is 0 Å². The van der Waals surface area contributed by atoms with Gasteiger partial charge in [-0.05, 0) is 42.1 Å². The van der Waals surface area contributed by atoms with Crippen LogP contribution >= 0.6 is 11.8 Å². The summed E-state index contributed by atoms with van der Waals surface area (Å²) < 4.78 is 0. The van der Waals surface area contributed by atoms with E-state index >= 15 is 0 Å². The number of hydrogen-bond acceptors (Lipinski definition) is 2. The molecular weight excluding hydrogens is 214 g/mol. The predicted octanol–water partition coefficient (Wildman–Crippen LogP) is 3.16. The van der Waals surface area contributed by atoms with E-state index in [9.17, 15) is 0 Å². The van der Waals surface area contributed by atoms with Crippen molar-refractivity contribution >= 4 is 11.8 Å². The Morgan fingerprint density at radius 1 is 1.12 bits per heavy atom. The van der Waals surface area contributed by atoms with E-state index in [1.807, 2.05) is 0 Å². The summed E-state index contributed by atoms with van der Waals surface area (Å²) in [5.74, 6) is 3.51. The lowest BCUT2D eigenvalue weighted by atomic mass is 10.1. The summed E-state index contributed by atoms with van der Waals surface area (Å²) >= 11 is 2.07. The zero-order valence-electron chi connectivity index (χ0n) is 9.61. The highest BCUT2D eigenvalue weighted by molar-refractivity contribution is 7.99. The minimum absolute atomic E-state index is 0.744. The Balaban J connectivity index is 1.53. The highest BCUT2D eigenvalue weighted by Crippen LogP contribution is 2.39. The molecule has 1 nitrogen and oxygen atoms in total. The van der Waals surface area contributed by atoms with Crippen LogP contribution in [0.3, 0.4) is 0 Å². The van der Waals surface area contributed by atoms with Gasteiger partial charge in [0.1, 0.15) is 0 Å². The van der Waals surface area contributed by atoms with Crippen molar-refractivity contribution in [1.29, 1.82) is 0 Å². The highest BCUT2D eigenvalue weighted by Gasteiger charge is 2.22. The van der Waals surface area contributed by atoms with E-state index in [1.165, 1.54) is 36.3 Å². The molecule has 1 aromatic rings. The molecule has 2 heteroatoms. The number of nitrogens with one attached hydrogen (secondary N) is 1. The second kappa shape index (κ2) is 4.80. The molecule has 1 saturated carbocycles. The van der Waals surface area contributed by atoms with E-state index in [0.29, 0.717) is 0 Å². The molecule has 2 fully saturated rings. The maximum absolute atomic E-state index is 3.64. The van der Waals surface area contributed by atoms with Gasteiger partial charge in [-0.15, -0.1) is 0 Å². The number of thioether (sulfide) groups is 1. The van der Waals surface area contributed by atoms with E-state index in [4.69, 9.17) is 0 Å². The summed E-state index contributed by atoms with van der Waals surface area (Å²) in [4.78, 5) is 0. The van der Waals surface area contributed by atoms with Crippen LogP contribution in [0.2, 0.25) is 0 Å². The van der Waals surface area contributed by atoms with Crippen LogP contribution in [0.25, 0.3) is 0 Å². The number of hydrogen-bond donors (Lipinski definition) is 1. The first-order chi connectivity index (χ1) is 7.92. The Kier molecular flexibility index (Phi) is 3.20. The first-order valence-electron chi connectivity index (χ1n) is 6.32. The second-order valence-electron chi connectivity index (χ2n) is 4.96. The topological polar surface area (TPSA) is 12.0 Å². The molecule has 3 rings (SSSR count). The SMILES string of the molecule is c1cc(C2CC2)ccc1CNC1CCSC1. The third-order valence-electron chi connectivity index (χ3n) is 3.55. The van der Waals surface area contributed by atoms with Gasteiger partial charge in [-0.3, -0.25) is 0 Å². The summed E-state index contributed by atoms with van der Waals surface area (Å²) in [6.07, 6.45) is 4.14. The van der Waals surface area contributed by atoms with Crippen molar-refractivity contribution in [2.75, 3.05) is 11.5 Å². The molecule has 1 heterocycles. The van der Waals surface area contributed by atoms with E-state index < -0.39 is 0 Å². The van der Waals surface area contributed by atoms with Crippen LogP contribution in [-0.2, 0) is 6.54 Å². The van der Waals surface area contributed by atoms with Crippen molar-refractivity contribution in [1.82, 2.24) is 5.32 Å². The quantitative estimate of drug-likeness (QED) is 0.857. The zero-order chi connectivity index (χ0) is 10.8. The molecule has 1 atom stereocenters. The van der Waals surface area contributed by atoms with Crippen LogP contribution in [-0.4, -0.2) is 17.5 Å². The zero-order valence-corrected chi connectivity index (χ0v) is 10.4. The van der Waals surface area contributed by atoms with Gasteiger partial charge in [0.15, 0.2) is 0 Å². The molecule has 0 radical (unpaired) electrons. The van der Waals surface area contributed by atoms with Crippen LogP contribution in [0.4, 0.5) is 0 Å². The molecule has 1 unspecified atom stereocenters. The van der Waals surface area contributed by atoms with Gasteiger partial charge in [-0.25, -0.2) is 0 Å². The van der Waals surface area contributed by atoms with Gasteiger partial charge in [0.05, 0.1) is 0 Å². The van der Waals surface area contributed by atoms with Crippen LogP contribution in [0.5, 0.6) is 0 Å². The molecule has 86 valence electrons. The van der Waals surface area contributed by atoms with Gasteiger partial charge >= 0.3 is 0 Å². The second-order valence-corrected chi connectivity index (χ2v) is 6.11. The fourth-order valence-electron chi connectivity index (χ4n) is 2.28. The van der Waals surface area contributed by atoms with E-state index in [1.54, 1.807) is 5.56 Å². The summed E-state index contributed by atoms with van der Waals surface area (Å²) in [6.45, 7) is 1.04. The monoisotopic (exact) mass is 233 g/mol. The van der Waals surface area contributed by atoms with Crippen LogP contribution < -0.4 is 5.32 Å². The fraction of sp³-hybridized carbons (Fsp3) is 0.571. The van der Waals surface area contributed by atoms with E-state index in [0.717, 1.165) is 18.5 Å². The maximum atomic E-state index is 3.64.